The summed E-state index contributed by atoms with van der Waals surface area (Å²) in [5.41, 5.74) is 0.541. The molecule has 1 atom stereocenters. The minimum Gasteiger partial charge on any atom is -0.296 e. The van der Waals surface area contributed by atoms with Crippen molar-refractivity contribution in [3.05, 3.63) is 39.9 Å². The minimum atomic E-state index is -0.457. The maximum absolute atomic E-state index is 11.6. The van der Waals surface area contributed by atoms with Crippen molar-refractivity contribution in [3.8, 4) is 0 Å². The zero-order valence-corrected chi connectivity index (χ0v) is 9.59. The molecule has 1 aliphatic heterocycles. The average Bonchev–Trinajstić information content (AvgIpc) is 2.33. The zero-order valence-electron chi connectivity index (χ0n) is 9.59. The third kappa shape index (κ3) is 2.53. The lowest BCUT2D eigenvalue weighted by molar-refractivity contribution is -0.385. The van der Waals surface area contributed by atoms with E-state index in [-0.39, 0.29) is 36.3 Å². The summed E-state index contributed by atoms with van der Waals surface area (Å²) in [4.78, 5) is 33.0. The fraction of sp³-hybridized carbons (Fsp3) is 0.333. The lowest BCUT2D eigenvalue weighted by Gasteiger charge is -2.20. The number of carbonyl (C=O) groups excluding carboxylic acids is 2. The first kappa shape index (κ1) is 12.2. The van der Waals surface area contributed by atoms with Crippen LogP contribution in [0.1, 0.15) is 18.4 Å². The molecular formula is C12H12N2O4. The van der Waals surface area contributed by atoms with Gasteiger partial charge in [-0.2, -0.15) is 0 Å². The van der Waals surface area contributed by atoms with Gasteiger partial charge in [-0.05, 0) is 12.8 Å². The Morgan fingerprint density at radius 1 is 1.33 bits per heavy atom. The maximum Gasteiger partial charge on any atom is 0.272 e. The standard InChI is InChI=1S/C12H12N2O4/c15-11-6-5-9(12(16)13-11)7-8-3-1-2-4-10(8)14(17)18/h1-4,9H,5-7H2,(H,13,15,16). The summed E-state index contributed by atoms with van der Waals surface area (Å²) < 4.78 is 0. The second kappa shape index (κ2) is 4.95. The first-order chi connectivity index (χ1) is 8.58. The third-order valence-electron chi connectivity index (χ3n) is 3.01. The number of amides is 2. The molecule has 6 heteroatoms. The second-order valence-corrected chi connectivity index (χ2v) is 4.24. The molecule has 1 aromatic rings. The van der Waals surface area contributed by atoms with E-state index in [0.717, 1.165) is 0 Å². The number of nitro benzene ring substituents is 1. The minimum absolute atomic E-state index is 0.0159. The van der Waals surface area contributed by atoms with Crippen molar-refractivity contribution in [2.75, 3.05) is 0 Å². The smallest absolute Gasteiger partial charge is 0.272 e. The van der Waals surface area contributed by atoms with Crippen molar-refractivity contribution >= 4 is 17.5 Å². The number of hydrogen-bond donors (Lipinski definition) is 1. The maximum atomic E-state index is 11.6. The van der Waals surface area contributed by atoms with E-state index in [1.165, 1.54) is 6.07 Å². The number of piperidine rings is 1. The molecule has 0 aliphatic carbocycles. The summed E-state index contributed by atoms with van der Waals surface area (Å²) >= 11 is 0. The Morgan fingerprint density at radius 2 is 2.06 bits per heavy atom. The molecule has 6 nitrogen and oxygen atoms in total. The van der Waals surface area contributed by atoms with Crippen molar-refractivity contribution in [3.63, 3.8) is 0 Å². The Bertz CT molecular complexity index is 513. The summed E-state index contributed by atoms with van der Waals surface area (Å²) in [6.07, 6.45) is 1.02. The predicted molar refractivity (Wildman–Crippen MR) is 62.7 cm³/mol. The van der Waals surface area contributed by atoms with Crippen LogP contribution in [0.4, 0.5) is 5.69 Å². The van der Waals surface area contributed by atoms with Gasteiger partial charge in [-0.3, -0.25) is 25.0 Å². The molecule has 0 aromatic heterocycles. The lowest BCUT2D eigenvalue weighted by Crippen LogP contribution is -2.41. The number of para-hydroxylation sites is 1. The van der Waals surface area contributed by atoms with Crippen LogP contribution in [0.3, 0.4) is 0 Å². The third-order valence-corrected chi connectivity index (χ3v) is 3.01. The van der Waals surface area contributed by atoms with Gasteiger partial charge in [-0.15, -0.1) is 0 Å². The normalized spacial score (nSPS) is 19.4. The quantitative estimate of drug-likeness (QED) is 0.494. The number of nitrogens with one attached hydrogen (secondary N) is 1. The fourth-order valence-corrected chi connectivity index (χ4v) is 2.06. The molecular weight excluding hydrogens is 236 g/mol. The Morgan fingerprint density at radius 3 is 2.72 bits per heavy atom. The van der Waals surface area contributed by atoms with E-state index in [4.69, 9.17) is 0 Å². The van der Waals surface area contributed by atoms with Crippen LogP contribution in [-0.2, 0) is 16.0 Å². The molecule has 0 bridgehead atoms. The van der Waals surface area contributed by atoms with E-state index >= 15 is 0 Å². The number of nitro groups is 1. The van der Waals surface area contributed by atoms with Gasteiger partial charge in [0.2, 0.25) is 11.8 Å². The summed E-state index contributed by atoms with van der Waals surface area (Å²) in [5.74, 6) is -0.994. The molecule has 1 heterocycles. The molecule has 0 spiro atoms. The van der Waals surface area contributed by atoms with Gasteiger partial charge in [0, 0.05) is 24.0 Å². The molecule has 94 valence electrons. The van der Waals surface area contributed by atoms with Gasteiger partial charge in [0.1, 0.15) is 0 Å². The molecule has 1 aliphatic rings. The highest BCUT2D eigenvalue weighted by molar-refractivity contribution is 5.98. The number of nitrogens with zero attached hydrogens (tertiary/aromatic N) is 1. The first-order valence-corrected chi connectivity index (χ1v) is 5.64. The molecule has 2 amide bonds. The highest BCUT2D eigenvalue weighted by Gasteiger charge is 2.28. The average molecular weight is 248 g/mol. The van der Waals surface area contributed by atoms with E-state index < -0.39 is 4.92 Å². The van der Waals surface area contributed by atoms with Crippen molar-refractivity contribution < 1.29 is 14.5 Å². The van der Waals surface area contributed by atoms with Crippen LogP contribution < -0.4 is 5.32 Å². The largest absolute Gasteiger partial charge is 0.296 e. The van der Waals surface area contributed by atoms with Crippen molar-refractivity contribution in [1.82, 2.24) is 5.32 Å². The Kier molecular flexibility index (Phi) is 3.36. The van der Waals surface area contributed by atoms with Gasteiger partial charge in [0.15, 0.2) is 0 Å². The zero-order chi connectivity index (χ0) is 13.1. The van der Waals surface area contributed by atoms with Gasteiger partial charge < -0.3 is 0 Å². The second-order valence-electron chi connectivity index (χ2n) is 4.24. The number of imide groups is 1. The topological polar surface area (TPSA) is 89.3 Å². The molecule has 0 radical (unpaired) electrons. The Labute approximate surface area is 103 Å². The molecule has 1 N–H and O–H groups in total. The van der Waals surface area contributed by atoms with Gasteiger partial charge in [-0.1, -0.05) is 18.2 Å². The van der Waals surface area contributed by atoms with Crippen LogP contribution in [0, 0.1) is 16.0 Å². The summed E-state index contributed by atoms with van der Waals surface area (Å²) in [5, 5.41) is 13.1. The van der Waals surface area contributed by atoms with Crippen LogP contribution in [0.15, 0.2) is 24.3 Å². The highest BCUT2D eigenvalue weighted by Crippen LogP contribution is 2.24. The molecule has 0 saturated carbocycles. The van der Waals surface area contributed by atoms with Crippen LogP contribution >= 0.6 is 0 Å². The van der Waals surface area contributed by atoms with E-state index in [1.807, 2.05) is 0 Å². The Hall–Kier alpha value is -2.24. The molecule has 1 fully saturated rings. The summed E-state index contributed by atoms with van der Waals surface area (Å²) in [6, 6.07) is 6.35. The summed E-state index contributed by atoms with van der Waals surface area (Å²) in [7, 11) is 0. The first-order valence-electron chi connectivity index (χ1n) is 5.64. The van der Waals surface area contributed by atoms with Gasteiger partial charge in [-0.25, -0.2) is 0 Å². The van der Waals surface area contributed by atoms with E-state index in [0.29, 0.717) is 12.0 Å². The monoisotopic (exact) mass is 248 g/mol. The molecule has 18 heavy (non-hydrogen) atoms. The van der Waals surface area contributed by atoms with E-state index in [1.54, 1.807) is 18.2 Å². The number of rotatable bonds is 3. The highest BCUT2D eigenvalue weighted by atomic mass is 16.6. The fourth-order valence-electron chi connectivity index (χ4n) is 2.06. The van der Waals surface area contributed by atoms with E-state index in [2.05, 4.69) is 5.32 Å². The predicted octanol–water partition coefficient (Wildman–Crippen LogP) is 1.19. The van der Waals surface area contributed by atoms with Gasteiger partial charge in [0.05, 0.1) is 4.92 Å². The molecule has 1 unspecified atom stereocenters. The van der Waals surface area contributed by atoms with Crippen molar-refractivity contribution in [2.24, 2.45) is 5.92 Å². The van der Waals surface area contributed by atoms with Crippen molar-refractivity contribution in [1.29, 1.82) is 0 Å². The van der Waals surface area contributed by atoms with Crippen LogP contribution in [0.2, 0.25) is 0 Å². The van der Waals surface area contributed by atoms with Gasteiger partial charge in [0.25, 0.3) is 5.69 Å². The molecule has 2 rings (SSSR count). The molecule has 1 saturated heterocycles. The van der Waals surface area contributed by atoms with Crippen LogP contribution in [0.25, 0.3) is 0 Å². The van der Waals surface area contributed by atoms with Crippen molar-refractivity contribution in [2.45, 2.75) is 19.3 Å². The number of benzene rings is 1. The number of carbonyl (C=O) groups is 2. The van der Waals surface area contributed by atoms with E-state index in [9.17, 15) is 19.7 Å². The van der Waals surface area contributed by atoms with Gasteiger partial charge >= 0.3 is 0 Å². The van der Waals surface area contributed by atoms with Crippen LogP contribution in [0.5, 0.6) is 0 Å². The summed E-state index contributed by atoms with van der Waals surface area (Å²) in [6.45, 7) is 0. The van der Waals surface area contributed by atoms with Crippen LogP contribution in [-0.4, -0.2) is 16.7 Å². The lowest BCUT2D eigenvalue weighted by atomic mass is 9.90. The SMILES string of the molecule is O=C1CCC(Cc2ccccc2[N+](=O)[O-])C(=O)N1. The number of hydrogen-bond acceptors (Lipinski definition) is 4. The Balaban J connectivity index is 2.17. The molecule has 1 aromatic carbocycles.